The zero-order valence-corrected chi connectivity index (χ0v) is 12.2. The number of hydrogen-bond donors (Lipinski definition) is 1. The van der Waals surface area contributed by atoms with E-state index in [1.54, 1.807) is 0 Å². The first-order chi connectivity index (χ1) is 8.54. The average Bonchev–Trinajstić information content (AvgIpc) is 2.26. The third-order valence-electron chi connectivity index (χ3n) is 3.51. The van der Waals surface area contributed by atoms with Crippen LogP contribution in [0.15, 0.2) is 12.1 Å². The molecule has 18 heavy (non-hydrogen) atoms. The van der Waals surface area contributed by atoms with Crippen molar-refractivity contribution in [3.8, 4) is 0 Å². The molecule has 0 saturated heterocycles. The van der Waals surface area contributed by atoms with Gasteiger partial charge >= 0.3 is 0 Å². The smallest absolute Gasteiger partial charge is 0.129 e. The van der Waals surface area contributed by atoms with Crippen molar-refractivity contribution in [2.75, 3.05) is 5.32 Å². The molecule has 1 aliphatic heterocycles. The minimum Gasteiger partial charge on any atom is -0.367 e. The van der Waals surface area contributed by atoms with Crippen LogP contribution >= 0.6 is 0 Å². The van der Waals surface area contributed by atoms with Crippen molar-refractivity contribution < 1.29 is 0 Å². The van der Waals surface area contributed by atoms with Gasteiger partial charge in [-0.05, 0) is 49.1 Å². The van der Waals surface area contributed by atoms with Crippen molar-refractivity contribution in [2.24, 2.45) is 11.8 Å². The number of anilines is 1. The molecule has 0 bridgehead atoms. The first-order valence-corrected chi connectivity index (χ1v) is 7.30. The highest BCUT2D eigenvalue weighted by atomic mass is 15.0. The summed E-state index contributed by atoms with van der Waals surface area (Å²) >= 11 is 0. The summed E-state index contributed by atoms with van der Waals surface area (Å²) in [5, 5.41) is 3.63. The van der Waals surface area contributed by atoms with Gasteiger partial charge in [-0.3, -0.25) is 0 Å². The predicted octanol–water partition coefficient (Wildman–Crippen LogP) is 4.05. The van der Waals surface area contributed by atoms with Gasteiger partial charge in [0.15, 0.2) is 0 Å². The van der Waals surface area contributed by atoms with Gasteiger partial charge in [-0.1, -0.05) is 33.8 Å². The van der Waals surface area contributed by atoms with Crippen molar-refractivity contribution in [3.05, 3.63) is 23.4 Å². The molecule has 2 heteroatoms. The molecule has 2 heterocycles. The Morgan fingerprint density at radius 1 is 1.22 bits per heavy atom. The van der Waals surface area contributed by atoms with E-state index in [0.717, 1.165) is 18.2 Å². The second kappa shape index (κ2) is 5.73. The maximum Gasteiger partial charge on any atom is 0.129 e. The molecular formula is C16H26N2. The topological polar surface area (TPSA) is 24.9 Å². The lowest BCUT2D eigenvalue weighted by atomic mass is 9.94. The van der Waals surface area contributed by atoms with Gasteiger partial charge in [0.25, 0.3) is 0 Å². The second-order valence-electron chi connectivity index (χ2n) is 6.42. The lowest BCUT2D eigenvalue weighted by molar-refractivity contribution is 0.485. The molecule has 1 aliphatic rings. The highest BCUT2D eigenvalue weighted by Gasteiger charge is 2.19. The van der Waals surface area contributed by atoms with Crippen LogP contribution in [0.5, 0.6) is 0 Å². The van der Waals surface area contributed by atoms with Crippen LogP contribution in [-0.2, 0) is 12.8 Å². The quantitative estimate of drug-likeness (QED) is 0.867. The second-order valence-corrected chi connectivity index (χ2v) is 6.42. The molecule has 0 radical (unpaired) electrons. The Bertz CT molecular complexity index is 396. The summed E-state index contributed by atoms with van der Waals surface area (Å²) in [4.78, 5) is 4.80. The fraction of sp³-hybridized carbons (Fsp3) is 0.688. The van der Waals surface area contributed by atoms with E-state index in [2.05, 4.69) is 45.1 Å². The summed E-state index contributed by atoms with van der Waals surface area (Å²) < 4.78 is 0. The van der Waals surface area contributed by atoms with Crippen LogP contribution in [0.1, 0.15) is 51.8 Å². The summed E-state index contributed by atoms with van der Waals surface area (Å²) in [5.74, 6) is 2.57. The van der Waals surface area contributed by atoms with Crippen molar-refractivity contribution in [1.29, 1.82) is 0 Å². The van der Waals surface area contributed by atoms with Crippen LogP contribution in [0, 0.1) is 11.8 Å². The highest BCUT2D eigenvalue weighted by molar-refractivity contribution is 5.48. The molecule has 100 valence electrons. The van der Waals surface area contributed by atoms with Crippen molar-refractivity contribution >= 4 is 5.82 Å². The number of rotatable bonds is 4. The third-order valence-corrected chi connectivity index (χ3v) is 3.51. The van der Waals surface area contributed by atoms with Gasteiger partial charge < -0.3 is 5.32 Å². The molecule has 0 saturated carbocycles. The molecule has 1 N–H and O–H groups in total. The van der Waals surface area contributed by atoms with Crippen molar-refractivity contribution in [2.45, 2.75) is 59.4 Å². The Hall–Kier alpha value is -1.05. The molecule has 0 aliphatic carbocycles. The number of hydrogen-bond acceptors (Lipinski definition) is 2. The van der Waals surface area contributed by atoms with Crippen molar-refractivity contribution in [1.82, 2.24) is 4.98 Å². The summed E-state index contributed by atoms with van der Waals surface area (Å²) in [5.41, 5.74) is 2.61. The number of nitrogens with one attached hydrogen (secondary N) is 1. The maximum absolute atomic E-state index is 4.80. The minimum absolute atomic E-state index is 0.610. The Morgan fingerprint density at radius 3 is 2.67 bits per heavy atom. The summed E-state index contributed by atoms with van der Waals surface area (Å²) in [7, 11) is 0. The number of fused-ring (bicyclic) bond motifs is 1. The number of pyridine rings is 1. The van der Waals surface area contributed by atoms with Gasteiger partial charge in [-0.15, -0.1) is 0 Å². The molecule has 0 amide bonds. The third kappa shape index (κ3) is 3.47. The van der Waals surface area contributed by atoms with Crippen LogP contribution in [0.2, 0.25) is 0 Å². The monoisotopic (exact) mass is 246 g/mol. The molecule has 0 aromatic carbocycles. The van der Waals surface area contributed by atoms with Crippen LogP contribution in [0.3, 0.4) is 0 Å². The molecular weight excluding hydrogens is 220 g/mol. The molecule has 2 nitrogen and oxygen atoms in total. The zero-order valence-electron chi connectivity index (χ0n) is 12.2. The fourth-order valence-corrected chi connectivity index (χ4v) is 2.73. The highest BCUT2D eigenvalue weighted by Crippen LogP contribution is 2.26. The lowest BCUT2D eigenvalue weighted by Crippen LogP contribution is -2.28. The van der Waals surface area contributed by atoms with Gasteiger partial charge in [0.2, 0.25) is 0 Å². The van der Waals surface area contributed by atoms with E-state index < -0.39 is 0 Å². The zero-order chi connectivity index (χ0) is 13.1. The molecule has 0 spiro atoms. The summed E-state index contributed by atoms with van der Waals surface area (Å²) in [6.07, 6.45) is 4.74. The normalized spacial score (nSPS) is 18.9. The molecule has 1 aromatic rings. The average molecular weight is 246 g/mol. The Kier molecular flexibility index (Phi) is 4.26. The minimum atomic E-state index is 0.610. The number of nitrogens with zero attached hydrogens (tertiary/aromatic N) is 1. The predicted molar refractivity (Wildman–Crippen MR) is 78.0 cm³/mol. The SMILES string of the molecule is CC(C)Cc1ccc2c(n1)NC(CC(C)C)CC2. The number of aryl methyl sites for hydroxylation is 1. The van der Waals surface area contributed by atoms with Gasteiger partial charge in [-0.2, -0.15) is 0 Å². The van der Waals surface area contributed by atoms with E-state index in [1.807, 2.05) is 0 Å². The molecule has 1 aromatic heterocycles. The number of aromatic nitrogens is 1. The van der Waals surface area contributed by atoms with E-state index in [0.29, 0.717) is 12.0 Å². The van der Waals surface area contributed by atoms with Crippen molar-refractivity contribution in [3.63, 3.8) is 0 Å². The van der Waals surface area contributed by atoms with Crippen LogP contribution in [0.25, 0.3) is 0 Å². The first kappa shape index (κ1) is 13.4. The largest absolute Gasteiger partial charge is 0.367 e. The van der Waals surface area contributed by atoms with Crippen LogP contribution < -0.4 is 5.32 Å². The van der Waals surface area contributed by atoms with E-state index in [1.165, 1.54) is 30.5 Å². The van der Waals surface area contributed by atoms with E-state index in [-0.39, 0.29) is 0 Å². The molecule has 1 unspecified atom stereocenters. The maximum atomic E-state index is 4.80. The van der Waals surface area contributed by atoms with Gasteiger partial charge in [0.1, 0.15) is 5.82 Å². The van der Waals surface area contributed by atoms with Crippen LogP contribution in [0.4, 0.5) is 5.82 Å². The molecule has 1 atom stereocenters. The van der Waals surface area contributed by atoms with E-state index in [4.69, 9.17) is 4.98 Å². The lowest BCUT2D eigenvalue weighted by Gasteiger charge is -2.27. The first-order valence-electron chi connectivity index (χ1n) is 7.30. The van der Waals surface area contributed by atoms with Gasteiger partial charge in [0.05, 0.1) is 0 Å². The molecule has 2 rings (SSSR count). The van der Waals surface area contributed by atoms with Gasteiger partial charge in [-0.25, -0.2) is 4.98 Å². The fourth-order valence-electron chi connectivity index (χ4n) is 2.73. The molecule has 0 fully saturated rings. The standard InChI is InChI=1S/C16H26N2/c1-11(2)9-14-7-5-13-6-8-15(10-12(3)4)18-16(13)17-14/h5,7,11-12,15H,6,8-10H2,1-4H3,(H,17,18). The summed E-state index contributed by atoms with van der Waals surface area (Å²) in [6, 6.07) is 5.07. The Labute approximate surface area is 111 Å². The van der Waals surface area contributed by atoms with Crippen LogP contribution in [-0.4, -0.2) is 11.0 Å². The Balaban J connectivity index is 2.09. The van der Waals surface area contributed by atoms with Gasteiger partial charge in [0, 0.05) is 11.7 Å². The van der Waals surface area contributed by atoms with E-state index >= 15 is 0 Å². The van der Waals surface area contributed by atoms with E-state index in [9.17, 15) is 0 Å². The Morgan fingerprint density at radius 2 is 2.00 bits per heavy atom. The summed E-state index contributed by atoms with van der Waals surface area (Å²) in [6.45, 7) is 9.08.